The van der Waals surface area contributed by atoms with Gasteiger partial charge in [0.1, 0.15) is 17.2 Å². The maximum atomic E-state index is 12.0. The van der Waals surface area contributed by atoms with E-state index >= 15 is 0 Å². The van der Waals surface area contributed by atoms with Crippen LogP contribution in [0.25, 0.3) is 11.3 Å². The number of hydrogen-bond acceptors (Lipinski definition) is 5. The highest BCUT2D eigenvalue weighted by Crippen LogP contribution is 2.22. The summed E-state index contributed by atoms with van der Waals surface area (Å²) in [5.74, 6) is 0.876. The number of carbonyl (C=O) groups is 1. The molecule has 1 amide bonds. The summed E-state index contributed by atoms with van der Waals surface area (Å²) in [6, 6.07) is 12.5. The molecule has 7 nitrogen and oxygen atoms in total. The monoisotopic (exact) mass is 310 g/mol. The number of hydrazone groups is 1. The lowest BCUT2D eigenvalue weighted by molar-refractivity contribution is 0.0950. The van der Waals surface area contributed by atoms with Crippen LogP contribution in [0, 0.1) is 0 Å². The lowest BCUT2D eigenvalue weighted by Crippen LogP contribution is -2.17. The van der Waals surface area contributed by atoms with E-state index in [1.807, 2.05) is 24.3 Å². The van der Waals surface area contributed by atoms with Crippen LogP contribution in [0.1, 0.15) is 16.2 Å². The van der Waals surface area contributed by atoms with E-state index in [9.17, 15) is 4.79 Å². The minimum atomic E-state index is -0.394. The third kappa shape index (κ3) is 3.46. The standard InChI is InChI=1S/C16H14N4O3/c1-22-12-5-2-4-11(8-12)14-9-15(19-18-14)16(21)20-17-10-13-6-3-7-23-13/h2-10H,1H3,(H,18,19)(H,20,21)/b17-10-. The number of nitrogens with zero attached hydrogens (tertiary/aromatic N) is 2. The Kier molecular flexibility index (Phi) is 4.19. The first kappa shape index (κ1) is 14.6. The third-order valence-electron chi connectivity index (χ3n) is 3.09. The van der Waals surface area contributed by atoms with Crippen LogP contribution in [-0.2, 0) is 0 Å². The number of nitrogens with one attached hydrogen (secondary N) is 2. The molecule has 23 heavy (non-hydrogen) atoms. The Hall–Kier alpha value is -3.35. The molecule has 3 rings (SSSR count). The molecule has 2 N–H and O–H groups in total. The first-order valence-electron chi connectivity index (χ1n) is 6.83. The van der Waals surface area contributed by atoms with Crippen molar-refractivity contribution in [2.45, 2.75) is 0 Å². The predicted octanol–water partition coefficient (Wildman–Crippen LogP) is 2.44. The number of H-pyrrole nitrogens is 1. The normalized spacial score (nSPS) is 10.8. The second kappa shape index (κ2) is 6.61. The van der Waals surface area contributed by atoms with Gasteiger partial charge in [-0.3, -0.25) is 9.89 Å². The Labute approximate surface area is 132 Å². The van der Waals surface area contributed by atoms with Crippen molar-refractivity contribution in [3.8, 4) is 17.0 Å². The smallest absolute Gasteiger partial charge is 0.289 e. The molecule has 1 aromatic carbocycles. The zero-order chi connectivity index (χ0) is 16.1. The third-order valence-corrected chi connectivity index (χ3v) is 3.09. The molecule has 0 aliphatic rings. The number of methoxy groups -OCH3 is 1. The molecule has 0 saturated heterocycles. The maximum Gasteiger partial charge on any atom is 0.289 e. The van der Waals surface area contributed by atoms with E-state index in [4.69, 9.17) is 9.15 Å². The fourth-order valence-electron chi connectivity index (χ4n) is 1.95. The molecule has 0 atom stereocenters. The summed E-state index contributed by atoms with van der Waals surface area (Å²) in [4.78, 5) is 12.0. The van der Waals surface area contributed by atoms with Crippen LogP contribution in [-0.4, -0.2) is 29.4 Å². The SMILES string of the molecule is COc1cccc(-c2cc(C(=O)N/N=C\c3ccco3)[nH]n2)c1. The largest absolute Gasteiger partial charge is 0.497 e. The molecule has 0 aliphatic carbocycles. The lowest BCUT2D eigenvalue weighted by atomic mass is 10.1. The minimum Gasteiger partial charge on any atom is -0.497 e. The van der Waals surface area contributed by atoms with Crippen molar-refractivity contribution in [2.75, 3.05) is 7.11 Å². The van der Waals surface area contributed by atoms with Crippen LogP contribution < -0.4 is 10.2 Å². The molecular formula is C16H14N4O3. The Morgan fingerprint density at radius 2 is 2.26 bits per heavy atom. The average molecular weight is 310 g/mol. The molecule has 0 fully saturated rings. The summed E-state index contributed by atoms with van der Waals surface area (Å²) in [6.07, 6.45) is 2.94. The van der Waals surface area contributed by atoms with Crippen molar-refractivity contribution in [2.24, 2.45) is 5.10 Å². The number of benzene rings is 1. The van der Waals surface area contributed by atoms with Gasteiger partial charge in [0.05, 0.1) is 25.3 Å². The Morgan fingerprint density at radius 3 is 3.04 bits per heavy atom. The van der Waals surface area contributed by atoms with Gasteiger partial charge in [-0.05, 0) is 30.3 Å². The van der Waals surface area contributed by atoms with Crippen LogP contribution in [0.15, 0.2) is 58.2 Å². The molecule has 0 radical (unpaired) electrons. The van der Waals surface area contributed by atoms with Crippen molar-refractivity contribution < 1.29 is 13.9 Å². The summed E-state index contributed by atoms with van der Waals surface area (Å²) in [5.41, 5.74) is 4.19. The van der Waals surface area contributed by atoms with Gasteiger partial charge >= 0.3 is 0 Å². The van der Waals surface area contributed by atoms with Crippen LogP contribution in [0.5, 0.6) is 5.75 Å². The quantitative estimate of drug-likeness (QED) is 0.559. The molecule has 116 valence electrons. The van der Waals surface area contributed by atoms with Crippen LogP contribution >= 0.6 is 0 Å². The van der Waals surface area contributed by atoms with Crippen molar-refractivity contribution in [1.82, 2.24) is 15.6 Å². The van der Waals surface area contributed by atoms with Gasteiger partial charge in [-0.15, -0.1) is 0 Å². The number of hydrogen-bond donors (Lipinski definition) is 2. The molecular weight excluding hydrogens is 296 g/mol. The van der Waals surface area contributed by atoms with Crippen molar-refractivity contribution in [3.05, 3.63) is 60.2 Å². The van der Waals surface area contributed by atoms with Gasteiger partial charge in [0.2, 0.25) is 0 Å². The Morgan fingerprint density at radius 1 is 1.35 bits per heavy atom. The number of amides is 1. The molecule has 7 heteroatoms. The molecule has 0 spiro atoms. The average Bonchev–Trinajstić information content (AvgIpc) is 3.26. The number of aromatic amines is 1. The highest BCUT2D eigenvalue weighted by atomic mass is 16.5. The highest BCUT2D eigenvalue weighted by Gasteiger charge is 2.10. The molecule has 0 saturated carbocycles. The van der Waals surface area contributed by atoms with Crippen LogP contribution in [0.2, 0.25) is 0 Å². The number of carbonyl (C=O) groups excluding carboxylic acids is 1. The van der Waals surface area contributed by atoms with E-state index < -0.39 is 5.91 Å². The number of rotatable bonds is 5. The zero-order valence-corrected chi connectivity index (χ0v) is 12.3. The van der Waals surface area contributed by atoms with E-state index in [1.54, 1.807) is 25.3 Å². The molecule has 0 aliphatic heterocycles. The molecule has 3 aromatic rings. The highest BCUT2D eigenvalue weighted by molar-refractivity contribution is 5.93. The zero-order valence-electron chi connectivity index (χ0n) is 12.3. The van der Waals surface area contributed by atoms with E-state index in [-0.39, 0.29) is 0 Å². The van der Waals surface area contributed by atoms with Crippen LogP contribution in [0.4, 0.5) is 0 Å². The van der Waals surface area contributed by atoms with E-state index in [1.165, 1.54) is 12.5 Å². The lowest BCUT2D eigenvalue weighted by Gasteiger charge is -2.00. The maximum absolute atomic E-state index is 12.0. The van der Waals surface area contributed by atoms with Gasteiger partial charge in [-0.2, -0.15) is 10.2 Å². The number of furan rings is 1. The fraction of sp³-hybridized carbons (Fsp3) is 0.0625. The van der Waals surface area contributed by atoms with Gasteiger partial charge in [-0.25, -0.2) is 5.43 Å². The van der Waals surface area contributed by atoms with Crippen molar-refractivity contribution in [1.29, 1.82) is 0 Å². The summed E-state index contributed by atoms with van der Waals surface area (Å²) in [5, 5.41) is 10.6. The molecule has 2 heterocycles. The summed E-state index contributed by atoms with van der Waals surface area (Å²) >= 11 is 0. The molecule has 2 aromatic heterocycles. The van der Waals surface area contributed by atoms with Crippen molar-refractivity contribution in [3.63, 3.8) is 0 Å². The van der Waals surface area contributed by atoms with E-state index in [0.29, 0.717) is 17.1 Å². The first-order valence-corrected chi connectivity index (χ1v) is 6.83. The topological polar surface area (TPSA) is 92.5 Å². The van der Waals surface area contributed by atoms with Gasteiger partial charge in [0.15, 0.2) is 0 Å². The summed E-state index contributed by atoms with van der Waals surface area (Å²) in [6.45, 7) is 0. The summed E-state index contributed by atoms with van der Waals surface area (Å²) < 4.78 is 10.2. The number of ether oxygens (including phenoxy) is 1. The van der Waals surface area contributed by atoms with Gasteiger partial charge in [0, 0.05) is 5.56 Å². The predicted molar refractivity (Wildman–Crippen MR) is 84.3 cm³/mol. The molecule has 0 bridgehead atoms. The minimum absolute atomic E-state index is 0.305. The summed E-state index contributed by atoms with van der Waals surface area (Å²) in [7, 11) is 1.60. The van der Waals surface area contributed by atoms with Crippen molar-refractivity contribution >= 4 is 12.1 Å². The first-order chi connectivity index (χ1) is 11.3. The van der Waals surface area contributed by atoms with Gasteiger partial charge in [-0.1, -0.05) is 12.1 Å². The molecule has 0 unspecified atom stereocenters. The Bertz CT molecular complexity index is 821. The fourth-order valence-corrected chi connectivity index (χ4v) is 1.95. The number of aromatic nitrogens is 2. The van der Waals surface area contributed by atoms with E-state index in [0.717, 1.165) is 11.3 Å². The van der Waals surface area contributed by atoms with Gasteiger partial charge < -0.3 is 9.15 Å². The second-order valence-corrected chi connectivity index (χ2v) is 4.61. The van der Waals surface area contributed by atoms with E-state index in [2.05, 4.69) is 20.7 Å². The Balaban J connectivity index is 1.69. The van der Waals surface area contributed by atoms with Crippen LogP contribution in [0.3, 0.4) is 0 Å². The second-order valence-electron chi connectivity index (χ2n) is 4.61. The van der Waals surface area contributed by atoms with Gasteiger partial charge in [0.25, 0.3) is 5.91 Å².